The number of hydrogen-bond donors (Lipinski definition) is 2. The molecule has 0 bridgehead atoms. The van der Waals surface area contributed by atoms with Crippen LogP contribution >= 0.6 is 11.6 Å². The fourth-order valence-electron chi connectivity index (χ4n) is 2.49. The summed E-state index contributed by atoms with van der Waals surface area (Å²) in [5.74, 6) is 0.793. The Morgan fingerprint density at radius 2 is 1.80 bits per heavy atom. The Kier molecular flexibility index (Phi) is 7.10. The Hall–Kier alpha value is -2.24. The van der Waals surface area contributed by atoms with Gasteiger partial charge in [0.1, 0.15) is 5.75 Å². The number of urea groups is 1. The summed E-state index contributed by atoms with van der Waals surface area (Å²) < 4.78 is 5.12. The average molecular weight is 362 g/mol. The van der Waals surface area contributed by atoms with Gasteiger partial charge < -0.3 is 20.3 Å². The summed E-state index contributed by atoms with van der Waals surface area (Å²) in [4.78, 5) is 14.1. The molecule has 2 rings (SSSR count). The van der Waals surface area contributed by atoms with E-state index in [2.05, 4.69) is 10.6 Å². The van der Waals surface area contributed by atoms with Crippen LogP contribution in [0.3, 0.4) is 0 Å². The Balaban J connectivity index is 1.87. The minimum atomic E-state index is -0.213. The van der Waals surface area contributed by atoms with E-state index in [1.807, 2.05) is 67.5 Å². The Morgan fingerprint density at radius 1 is 1.12 bits per heavy atom. The molecule has 0 aromatic heterocycles. The molecule has 1 atom stereocenters. The molecule has 0 radical (unpaired) electrons. The maximum Gasteiger partial charge on any atom is 0.315 e. The van der Waals surface area contributed by atoms with Crippen molar-refractivity contribution in [3.63, 3.8) is 0 Å². The second-order valence-corrected chi connectivity index (χ2v) is 6.32. The molecule has 25 heavy (non-hydrogen) atoms. The number of methoxy groups -OCH3 is 1. The summed E-state index contributed by atoms with van der Waals surface area (Å²) in [7, 11) is 5.55. The number of hydrogen-bond acceptors (Lipinski definition) is 3. The van der Waals surface area contributed by atoms with E-state index in [4.69, 9.17) is 16.3 Å². The standard InChI is InChI=1S/C19H24ClN3O2/c1-23(2)18(16-6-4-5-7-17(16)20)13-22-19(24)21-12-14-8-10-15(25-3)11-9-14/h4-11,18H,12-13H2,1-3H3,(H2,21,22,24). The molecule has 0 aliphatic rings. The van der Waals surface area contributed by atoms with Crippen LogP contribution in [0.5, 0.6) is 5.75 Å². The maximum absolute atomic E-state index is 12.1. The van der Waals surface area contributed by atoms with Crippen LogP contribution in [0.4, 0.5) is 4.79 Å². The molecule has 0 spiro atoms. The minimum absolute atomic E-state index is 0.000404. The van der Waals surface area contributed by atoms with Crippen LogP contribution in [-0.2, 0) is 6.54 Å². The number of nitrogens with zero attached hydrogens (tertiary/aromatic N) is 1. The first kappa shape index (κ1) is 19.1. The molecule has 0 saturated heterocycles. The van der Waals surface area contributed by atoms with Crippen molar-refractivity contribution in [2.75, 3.05) is 27.7 Å². The molecule has 0 saturated carbocycles. The molecular weight excluding hydrogens is 338 g/mol. The van der Waals surface area contributed by atoms with E-state index in [0.717, 1.165) is 16.9 Å². The highest BCUT2D eigenvalue weighted by Crippen LogP contribution is 2.25. The first-order valence-electron chi connectivity index (χ1n) is 8.06. The molecule has 2 N–H and O–H groups in total. The van der Waals surface area contributed by atoms with Crippen LogP contribution in [0.25, 0.3) is 0 Å². The topological polar surface area (TPSA) is 53.6 Å². The van der Waals surface area contributed by atoms with Gasteiger partial charge in [-0.05, 0) is 43.4 Å². The number of ether oxygens (including phenoxy) is 1. The van der Waals surface area contributed by atoms with Gasteiger partial charge in [-0.15, -0.1) is 0 Å². The molecule has 6 heteroatoms. The van der Waals surface area contributed by atoms with Crippen molar-refractivity contribution < 1.29 is 9.53 Å². The summed E-state index contributed by atoms with van der Waals surface area (Å²) in [5, 5.41) is 6.46. The van der Waals surface area contributed by atoms with Crippen LogP contribution < -0.4 is 15.4 Å². The van der Waals surface area contributed by atoms with Crippen LogP contribution in [0.15, 0.2) is 48.5 Å². The van der Waals surface area contributed by atoms with Crippen LogP contribution in [0.1, 0.15) is 17.2 Å². The highest BCUT2D eigenvalue weighted by molar-refractivity contribution is 6.31. The third-order valence-electron chi connectivity index (χ3n) is 3.96. The van der Waals surface area contributed by atoms with Crippen molar-refractivity contribution in [1.82, 2.24) is 15.5 Å². The molecule has 0 aliphatic heterocycles. The van der Waals surface area contributed by atoms with Gasteiger partial charge in [-0.1, -0.05) is 41.9 Å². The molecule has 134 valence electrons. The predicted molar refractivity (Wildman–Crippen MR) is 101 cm³/mol. The highest BCUT2D eigenvalue weighted by Gasteiger charge is 2.17. The zero-order chi connectivity index (χ0) is 18.2. The quantitative estimate of drug-likeness (QED) is 0.794. The Labute approximate surface area is 153 Å². The third kappa shape index (κ3) is 5.66. The van der Waals surface area contributed by atoms with E-state index in [0.29, 0.717) is 18.1 Å². The molecule has 0 aliphatic carbocycles. The number of carbonyl (C=O) groups is 1. The number of carbonyl (C=O) groups excluding carboxylic acids is 1. The lowest BCUT2D eigenvalue weighted by Gasteiger charge is -2.26. The van der Waals surface area contributed by atoms with E-state index >= 15 is 0 Å². The van der Waals surface area contributed by atoms with Gasteiger partial charge in [0.05, 0.1) is 13.2 Å². The van der Waals surface area contributed by atoms with Gasteiger partial charge in [-0.2, -0.15) is 0 Å². The van der Waals surface area contributed by atoms with Gasteiger partial charge in [-0.3, -0.25) is 0 Å². The number of halogens is 1. The van der Waals surface area contributed by atoms with Crippen molar-refractivity contribution >= 4 is 17.6 Å². The van der Waals surface area contributed by atoms with Gasteiger partial charge in [0.15, 0.2) is 0 Å². The molecule has 0 heterocycles. The zero-order valence-corrected chi connectivity index (χ0v) is 15.5. The average Bonchev–Trinajstić information content (AvgIpc) is 2.61. The summed E-state index contributed by atoms with van der Waals surface area (Å²) in [5.41, 5.74) is 2.00. The zero-order valence-electron chi connectivity index (χ0n) is 14.8. The molecule has 2 aromatic carbocycles. The lowest BCUT2D eigenvalue weighted by Crippen LogP contribution is -2.40. The van der Waals surface area contributed by atoms with E-state index in [1.165, 1.54) is 0 Å². The minimum Gasteiger partial charge on any atom is -0.497 e. The fourth-order valence-corrected chi connectivity index (χ4v) is 2.76. The fraction of sp³-hybridized carbons (Fsp3) is 0.316. The monoisotopic (exact) mass is 361 g/mol. The van der Waals surface area contributed by atoms with E-state index < -0.39 is 0 Å². The van der Waals surface area contributed by atoms with E-state index in [9.17, 15) is 4.79 Å². The number of nitrogens with one attached hydrogen (secondary N) is 2. The molecule has 2 aromatic rings. The van der Waals surface area contributed by atoms with Crippen molar-refractivity contribution in [3.8, 4) is 5.75 Å². The molecule has 5 nitrogen and oxygen atoms in total. The van der Waals surface area contributed by atoms with Gasteiger partial charge >= 0.3 is 6.03 Å². The Bertz CT molecular complexity index is 689. The smallest absolute Gasteiger partial charge is 0.315 e. The van der Waals surface area contributed by atoms with Crippen LogP contribution in [-0.4, -0.2) is 38.7 Å². The summed E-state index contributed by atoms with van der Waals surface area (Å²) in [6.07, 6.45) is 0. The van der Waals surface area contributed by atoms with Gasteiger partial charge in [0.2, 0.25) is 0 Å². The predicted octanol–water partition coefficient (Wildman–Crippen LogP) is 3.45. The normalized spacial score (nSPS) is 11.9. The lowest BCUT2D eigenvalue weighted by molar-refractivity contribution is 0.232. The van der Waals surface area contributed by atoms with Crippen molar-refractivity contribution in [1.29, 1.82) is 0 Å². The van der Waals surface area contributed by atoms with Crippen LogP contribution in [0.2, 0.25) is 5.02 Å². The number of likely N-dealkylation sites (N-methyl/N-ethyl adjacent to an activating group) is 1. The molecule has 0 fully saturated rings. The lowest BCUT2D eigenvalue weighted by atomic mass is 10.1. The largest absolute Gasteiger partial charge is 0.497 e. The first-order valence-corrected chi connectivity index (χ1v) is 8.44. The molecule has 1 unspecified atom stereocenters. The second-order valence-electron chi connectivity index (χ2n) is 5.91. The van der Waals surface area contributed by atoms with Crippen molar-refractivity contribution in [2.24, 2.45) is 0 Å². The summed E-state index contributed by atoms with van der Waals surface area (Å²) >= 11 is 6.28. The number of rotatable bonds is 7. The van der Waals surface area contributed by atoms with E-state index in [-0.39, 0.29) is 12.1 Å². The first-order chi connectivity index (χ1) is 12.0. The van der Waals surface area contributed by atoms with Gasteiger partial charge in [0.25, 0.3) is 0 Å². The highest BCUT2D eigenvalue weighted by atomic mass is 35.5. The number of benzene rings is 2. The molecule has 2 amide bonds. The van der Waals surface area contributed by atoms with Gasteiger partial charge in [-0.25, -0.2) is 4.79 Å². The molecular formula is C19H24ClN3O2. The summed E-state index contributed by atoms with van der Waals surface area (Å²) in [6.45, 7) is 0.916. The maximum atomic E-state index is 12.1. The van der Waals surface area contributed by atoms with Crippen molar-refractivity contribution in [3.05, 3.63) is 64.7 Å². The Morgan fingerprint density at radius 3 is 2.40 bits per heavy atom. The second kappa shape index (κ2) is 9.30. The van der Waals surface area contributed by atoms with Gasteiger partial charge in [0, 0.05) is 18.1 Å². The SMILES string of the molecule is COc1ccc(CNC(=O)NCC(c2ccccc2Cl)N(C)C)cc1. The van der Waals surface area contributed by atoms with Crippen LogP contribution in [0, 0.1) is 0 Å². The van der Waals surface area contributed by atoms with E-state index in [1.54, 1.807) is 7.11 Å². The number of amides is 2. The van der Waals surface area contributed by atoms with Crippen molar-refractivity contribution in [2.45, 2.75) is 12.6 Å². The third-order valence-corrected chi connectivity index (χ3v) is 4.30. The summed E-state index contributed by atoms with van der Waals surface area (Å²) in [6, 6.07) is 15.0.